The van der Waals surface area contributed by atoms with Crippen molar-refractivity contribution in [3.05, 3.63) is 0 Å². The van der Waals surface area contributed by atoms with E-state index in [0.29, 0.717) is 16.4 Å². The van der Waals surface area contributed by atoms with Crippen LogP contribution in [0.4, 0.5) is 0 Å². The van der Waals surface area contributed by atoms with Gasteiger partial charge in [0.25, 0.3) is 0 Å². The second kappa shape index (κ2) is 1.61. The van der Waals surface area contributed by atoms with Crippen LogP contribution in [-0.2, 0) is 0 Å². The summed E-state index contributed by atoms with van der Waals surface area (Å²) in [6.07, 6.45) is 5.90. The largest absolute Gasteiger partial charge is 0.313 e. The van der Waals surface area contributed by atoms with Gasteiger partial charge in [-0.1, -0.05) is 13.8 Å². The topological polar surface area (TPSA) is 12.0 Å². The first-order chi connectivity index (χ1) is 5.58. The Morgan fingerprint density at radius 3 is 2.50 bits per heavy atom. The molecule has 4 atom stereocenters. The van der Waals surface area contributed by atoms with Crippen molar-refractivity contribution < 1.29 is 0 Å². The van der Waals surface area contributed by atoms with Crippen molar-refractivity contribution in [2.24, 2.45) is 16.7 Å². The summed E-state index contributed by atoms with van der Waals surface area (Å²) in [5.41, 5.74) is 1.86. The minimum absolute atomic E-state index is 0.545. The number of hydrogen-bond donors (Lipinski definition) is 1. The predicted molar refractivity (Wildman–Crippen MR) is 50.0 cm³/mol. The van der Waals surface area contributed by atoms with Gasteiger partial charge in [-0.2, -0.15) is 0 Å². The van der Waals surface area contributed by atoms with Crippen molar-refractivity contribution in [3.63, 3.8) is 0 Å². The highest BCUT2D eigenvalue weighted by Gasteiger charge is 2.80. The number of fused-ring (bicyclic) bond motifs is 5. The van der Waals surface area contributed by atoms with Gasteiger partial charge in [0.15, 0.2) is 0 Å². The molecule has 0 aromatic heterocycles. The quantitative estimate of drug-likeness (QED) is 0.628. The van der Waals surface area contributed by atoms with E-state index in [0.717, 1.165) is 5.92 Å². The van der Waals surface area contributed by atoms with E-state index in [-0.39, 0.29) is 0 Å². The summed E-state index contributed by atoms with van der Waals surface area (Å²) in [6.45, 7) is 5.00. The molecule has 0 aliphatic heterocycles. The Kier molecular flexibility index (Phi) is 0.991. The van der Waals surface area contributed by atoms with Gasteiger partial charge in [0, 0.05) is 5.54 Å². The molecule has 1 unspecified atom stereocenters. The average Bonchev–Trinajstić information content (AvgIpc) is 2.43. The van der Waals surface area contributed by atoms with Gasteiger partial charge in [-0.25, -0.2) is 0 Å². The SMILES string of the molecule is CN[C@@]12CC1(C)[C@@H]1CC[C@@]2(C)C1. The lowest BCUT2D eigenvalue weighted by atomic mass is 9.77. The Labute approximate surface area is 74.9 Å². The molecule has 2 bridgehead atoms. The van der Waals surface area contributed by atoms with Gasteiger partial charge in [0.05, 0.1) is 0 Å². The van der Waals surface area contributed by atoms with Gasteiger partial charge in [-0.3, -0.25) is 0 Å². The molecule has 0 heterocycles. The Bertz CT molecular complexity index is 249. The number of nitrogens with one attached hydrogen (secondary N) is 1. The molecular formula is C11H19N. The molecule has 3 saturated carbocycles. The third-order valence-electron chi connectivity index (χ3n) is 5.58. The lowest BCUT2D eigenvalue weighted by Crippen LogP contribution is -2.45. The Hall–Kier alpha value is -0.0400. The first-order valence-corrected chi connectivity index (χ1v) is 5.27. The highest BCUT2D eigenvalue weighted by atomic mass is 15.1. The third-order valence-corrected chi connectivity index (χ3v) is 5.58. The zero-order valence-corrected chi connectivity index (χ0v) is 8.41. The minimum Gasteiger partial charge on any atom is -0.313 e. The Morgan fingerprint density at radius 2 is 2.08 bits per heavy atom. The van der Waals surface area contributed by atoms with Crippen LogP contribution in [0.15, 0.2) is 0 Å². The summed E-state index contributed by atoms with van der Waals surface area (Å²) in [5, 5.41) is 3.63. The summed E-state index contributed by atoms with van der Waals surface area (Å²) in [4.78, 5) is 0. The fraction of sp³-hybridized carbons (Fsp3) is 1.00. The van der Waals surface area contributed by atoms with Crippen molar-refractivity contribution in [2.45, 2.75) is 45.1 Å². The van der Waals surface area contributed by atoms with Crippen LogP contribution in [0.5, 0.6) is 0 Å². The molecule has 0 spiro atoms. The molecule has 12 heavy (non-hydrogen) atoms. The predicted octanol–water partition coefficient (Wildman–Crippen LogP) is 2.17. The third kappa shape index (κ3) is 0.454. The Balaban J connectivity index is 2.09. The molecule has 0 radical (unpaired) electrons. The molecule has 3 rings (SSSR count). The standard InChI is InChI=1S/C11H19N/c1-9-5-4-8(6-9)10(2)7-11(9,10)12-3/h8,12H,4-7H2,1-3H3/t8-,9+,10?,11-/m1/s1. The fourth-order valence-electron chi connectivity index (χ4n) is 4.75. The summed E-state index contributed by atoms with van der Waals surface area (Å²) < 4.78 is 0. The highest BCUT2D eigenvalue weighted by Crippen LogP contribution is 2.81. The lowest BCUT2D eigenvalue weighted by molar-refractivity contribution is 0.193. The number of rotatable bonds is 1. The van der Waals surface area contributed by atoms with Crippen LogP contribution in [0.3, 0.4) is 0 Å². The molecule has 68 valence electrons. The molecule has 0 amide bonds. The van der Waals surface area contributed by atoms with Crippen LogP contribution >= 0.6 is 0 Å². The minimum atomic E-state index is 0.545. The molecular weight excluding hydrogens is 146 g/mol. The molecule has 1 heteroatoms. The normalized spacial score (nSPS) is 66.8. The summed E-state index contributed by atoms with van der Waals surface area (Å²) in [6, 6.07) is 0. The fourth-order valence-corrected chi connectivity index (χ4v) is 4.75. The molecule has 0 aromatic rings. The summed E-state index contributed by atoms with van der Waals surface area (Å²) in [7, 11) is 2.16. The van der Waals surface area contributed by atoms with E-state index in [1.165, 1.54) is 25.7 Å². The smallest absolute Gasteiger partial charge is 0.0295 e. The second-order valence-corrected chi connectivity index (χ2v) is 5.75. The van der Waals surface area contributed by atoms with Gasteiger partial charge in [0.2, 0.25) is 0 Å². The maximum atomic E-state index is 3.63. The first kappa shape index (κ1) is 7.37. The van der Waals surface area contributed by atoms with Crippen LogP contribution in [0.25, 0.3) is 0 Å². The van der Waals surface area contributed by atoms with Crippen LogP contribution in [-0.4, -0.2) is 12.6 Å². The van der Waals surface area contributed by atoms with Crippen LogP contribution in [0.2, 0.25) is 0 Å². The lowest BCUT2D eigenvalue weighted by Gasteiger charge is -2.35. The van der Waals surface area contributed by atoms with Crippen LogP contribution < -0.4 is 5.32 Å². The molecule has 1 N–H and O–H groups in total. The van der Waals surface area contributed by atoms with E-state index in [1.807, 2.05) is 0 Å². The average molecular weight is 165 g/mol. The highest BCUT2D eigenvalue weighted by molar-refractivity contribution is 5.34. The molecule has 1 nitrogen and oxygen atoms in total. The van der Waals surface area contributed by atoms with Crippen molar-refractivity contribution in [3.8, 4) is 0 Å². The zero-order chi connectivity index (χ0) is 8.61. The molecule has 3 aliphatic carbocycles. The zero-order valence-electron chi connectivity index (χ0n) is 8.41. The Morgan fingerprint density at radius 1 is 1.33 bits per heavy atom. The van der Waals surface area contributed by atoms with E-state index in [4.69, 9.17) is 0 Å². The maximum absolute atomic E-state index is 3.63. The van der Waals surface area contributed by atoms with Gasteiger partial charge < -0.3 is 5.32 Å². The van der Waals surface area contributed by atoms with Gasteiger partial charge in [-0.15, -0.1) is 0 Å². The van der Waals surface area contributed by atoms with Crippen molar-refractivity contribution in [1.29, 1.82) is 0 Å². The van der Waals surface area contributed by atoms with E-state index in [1.54, 1.807) is 0 Å². The van der Waals surface area contributed by atoms with Crippen molar-refractivity contribution >= 4 is 0 Å². The summed E-state index contributed by atoms with van der Waals surface area (Å²) in [5.74, 6) is 1.04. The molecule has 0 aromatic carbocycles. The molecule has 3 aliphatic rings. The van der Waals surface area contributed by atoms with Crippen LogP contribution in [0.1, 0.15) is 39.5 Å². The van der Waals surface area contributed by atoms with Gasteiger partial charge in [0.1, 0.15) is 0 Å². The maximum Gasteiger partial charge on any atom is 0.0295 e. The molecule has 3 fully saturated rings. The van der Waals surface area contributed by atoms with E-state index >= 15 is 0 Å². The number of hydrogen-bond acceptors (Lipinski definition) is 1. The summed E-state index contributed by atoms with van der Waals surface area (Å²) >= 11 is 0. The van der Waals surface area contributed by atoms with Crippen molar-refractivity contribution in [2.75, 3.05) is 7.05 Å². The van der Waals surface area contributed by atoms with E-state index < -0.39 is 0 Å². The van der Waals surface area contributed by atoms with Crippen LogP contribution in [0, 0.1) is 16.7 Å². The second-order valence-electron chi connectivity index (χ2n) is 5.75. The monoisotopic (exact) mass is 165 g/mol. The first-order valence-electron chi connectivity index (χ1n) is 5.27. The van der Waals surface area contributed by atoms with Crippen molar-refractivity contribution in [1.82, 2.24) is 5.32 Å². The van der Waals surface area contributed by atoms with Gasteiger partial charge in [-0.05, 0) is 49.5 Å². The van der Waals surface area contributed by atoms with E-state index in [2.05, 4.69) is 26.2 Å². The van der Waals surface area contributed by atoms with Gasteiger partial charge >= 0.3 is 0 Å². The molecule has 0 saturated heterocycles. The van der Waals surface area contributed by atoms with E-state index in [9.17, 15) is 0 Å².